The Kier molecular flexibility index (Phi) is 5.51. The molecule has 1 amide bonds. The first kappa shape index (κ1) is 21.7. The maximum absolute atomic E-state index is 13.3. The summed E-state index contributed by atoms with van der Waals surface area (Å²) < 4.78 is 8.48. The van der Waals surface area contributed by atoms with Crippen molar-refractivity contribution < 1.29 is 9.53 Å². The first-order valence-corrected chi connectivity index (χ1v) is 11.0. The van der Waals surface area contributed by atoms with Crippen LogP contribution in [0.2, 0.25) is 5.02 Å². The summed E-state index contributed by atoms with van der Waals surface area (Å²) in [5.74, 6) is 0.319. The van der Waals surface area contributed by atoms with Gasteiger partial charge in [-0.15, -0.1) is 5.10 Å². The first-order chi connectivity index (χ1) is 16.4. The molecule has 0 fully saturated rings. The minimum atomic E-state index is -0.473. The van der Waals surface area contributed by atoms with Gasteiger partial charge in [0.25, 0.3) is 5.88 Å². The molecule has 2 aromatic heterocycles. The number of halogens is 1. The van der Waals surface area contributed by atoms with E-state index in [1.807, 2.05) is 56.3 Å². The Balaban J connectivity index is 1.54. The molecule has 5 aromatic rings. The van der Waals surface area contributed by atoms with Gasteiger partial charge in [0.1, 0.15) is 12.3 Å². The minimum absolute atomic E-state index is 0.170. The van der Waals surface area contributed by atoms with Crippen LogP contribution in [0.3, 0.4) is 0 Å². The molecule has 0 aliphatic heterocycles. The van der Waals surface area contributed by atoms with E-state index in [1.54, 1.807) is 24.3 Å². The van der Waals surface area contributed by atoms with Crippen LogP contribution < -0.4 is 15.7 Å². The predicted molar refractivity (Wildman–Crippen MR) is 131 cm³/mol. The lowest BCUT2D eigenvalue weighted by atomic mass is 10.2. The summed E-state index contributed by atoms with van der Waals surface area (Å²) in [7, 11) is 0. The summed E-state index contributed by atoms with van der Waals surface area (Å²) in [6.07, 6.45) is 0. The Morgan fingerprint density at radius 2 is 1.82 bits per heavy atom. The second-order valence-electron chi connectivity index (χ2n) is 7.93. The molecule has 170 valence electrons. The molecule has 34 heavy (non-hydrogen) atoms. The van der Waals surface area contributed by atoms with Crippen LogP contribution in [-0.2, 0) is 11.3 Å². The van der Waals surface area contributed by atoms with Gasteiger partial charge in [-0.25, -0.2) is 18.9 Å². The average molecular weight is 474 g/mol. The molecule has 0 radical (unpaired) electrons. The fourth-order valence-corrected chi connectivity index (χ4v) is 3.75. The van der Waals surface area contributed by atoms with Gasteiger partial charge < -0.3 is 10.1 Å². The first-order valence-electron chi connectivity index (χ1n) is 10.6. The number of ether oxygens (including phenoxy) is 1. The Hall–Kier alpha value is -4.17. The molecule has 1 N–H and O–H groups in total. The van der Waals surface area contributed by atoms with E-state index < -0.39 is 11.6 Å². The van der Waals surface area contributed by atoms with Crippen molar-refractivity contribution in [1.82, 2.24) is 19.2 Å². The molecule has 0 atom stereocenters. The van der Waals surface area contributed by atoms with Crippen molar-refractivity contribution in [3.05, 3.63) is 93.4 Å². The van der Waals surface area contributed by atoms with E-state index in [1.165, 1.54) is 4.40 Å². The summed E-state index contributed by atoms with van der Waals surface area (Å²) in [6, 6.07) is 19.9. The van der Waals surface area contributed by atoms with Crippen molar-refractivity contribution in [2.24, 2.45) is 0 Å². The van der Waals surface area contributed by atoms with E-state index in [4.69, 9.17) is 16.3 Å². The number of para-hydroxylation sites is 2. The average Bonchev–Trinajstić information content (AvgIpc) is 3.14. The SMILES string of the molecule is Cc1ccc(Oc2nc3ccccc3n3c(=O)n(CC(=O)Nc4ccc(C)c(Cl)c4)nc23)cc1. The molecule has 8 nitrogen and oxygen atoms in total. The van der Waals surface area contributed by atoms with Gasteiger partial charge in [0.05, 0.1) is 11.0 Å². The third-order valence-corrected chi connectivity index (χ3v) is 5.77. The van der Waals surface area contributed by atoms with Gasteiger partial charge in [-0.3, -0.25) is 4.79 Å². The number of carbonyl (C=O) groups excluding carboxylic acids is 1. The molecule has 0 aliphatic rings. The molecule has 2 heterocycles. The van der Waals surface area contributed by atoms with Crippen molar-refractivity contribution in [2.45, 2.75) is 20.4 Å². The third kappa shape index (κ3) is 4.11. The number of aromatic nitrogens is 4. The fraction of sp³-hybridized carbons (Fsp3) is 0.120. The monoisotopic (exact) mass is 473 g/mol. The highest BCUT2D eigenvalue weighted by molar-refractivity contribution is 6.31. The van der Waals surface area contributed by atoms with E-state index in [0.717, 1.165) is 15.8 Å². The second-order valence-corrected chi connectivity index (χ2v) is 8.34. The van der Waals surface area contributed by atoms with E-state index >= 15 is 0 Å². The normalized spacial score (nSPS) is 11.1. The van der Waals surface area contributed by atoms with Crippen molar-refractivity contribution in [2.75, 3.05) is 5.32 Å². The van der Waals surface area contributed by atoms with Gasteiger partial charge in [-0.2, -0.15) is 0 Å². The Morgan fingerprint density at radius 1 is 1.06 bits per heavy atom. The second kappa shape index (κ2) is 8.64. The number of amides is 1. The maximum atomic E-state index is 13.3. The highest BCUT2D eigenvalue weighted by atomic mass is 35.5. The molecule has 0 unspecified atom stereocenters. The standard InChI is InChI=1S/C25H20ClN5O3/c1-15-7-11-18(12-8-15)34-24-23-29-30(14-22(32)27-17-10-9-16(2)19(26)13-17)25(33)31(23)21-6-4-3-5-20(21)28-24/h3-13H,14H2,1-2H3,(H,27,32). The number of carbonyl (C=O) groups is 1. The van der Waals surface area contributed by atoms with Gasteiger partial charge in [-0.05, 0) is 55.8 Å². The summed E-state index contributed by atoms with van der Waals surface area (Å²) >= 11 is 6.14. The van der Waals surface area contributed by atoms with E-state index in [-0.39, 0.29) is 18.1 Å². The Bertz CT molecular complexity index is 1610. The quantitative estimate of drug-likeness (QED) is 0.398. The molecular formula is C25H20ClN5O3. The van der Waals surface area contributed by atoms with Gasteiger partial charge in [0, 0.05) is 10.7 Å². The number of nitrogens with zero attached hydrogens (tertiary/aromatic N) is 4. The maximum Gasteiger partial charge on any atom is 0.351 e. The summed E-state index contributed by atoms with van der Waals surface area (Å²) in [4.78, 5) is 30.5. The molecule has 0 spiro atoms. The lowest BCUT2D eigenvalue weighted by Crippen LogP contribution is -2.28. The number of fused-ring (bicyclic) bond motifs is 3. The highest BCUT2D eigenvalue weighted by Gasteiger charge is 2.19. The molecule has 0 saturated carbocycles. The van der Waals surface area contributed by atoms with Crippen LogP contribution >= 0.6 is 11.6 Å². The molecular weight excluding hydrogens is 454 g/mol. The van der Waals surface area contributed by atoms with Crippen molar-refractivity contribution >= 4 is 39.9 Å². The van der Waals surface area contributed by atoms with Gasteiger partial charge in [0.2, 0.25) is 11.6 Å². The van der Waals surface area contributed by atoms with Crippen LogP contribution in [-0.4, -0.2) is 25.1 Å². The Morgan fingerprint density at radius 3 is 2.59 bits per heavy atom. The van der Waals surface area contributed by atoms with Crippen molar-refractivity contribution in [3.8, 4) is 11.6 Å². The number of hydrogen-bond acceptors (Lipinski definition) is 5. The summed E-state index contributed by atoms with van der Waals surface area (Å²) in [5, 5.41) is 7.67. The molecule has 9 heteroatoms. The smallest absolute Gasteiger partial charge is 0.351 e. The zero-order valence-corrected chi connectivity index (χ0v) is 19.2. The van der Waals surface area contributed by atoms with Crippen molar-refractivity contribution in [1.29, 1.82) is 0 Å². The van der Waals surface area contributed by atoms with Crippen LogP contribution in [0, 0.1) is 13.8 Å². The lowest BCUT2D eigenvalue weighted by molar-refractivity contribution is -0.117. The Labute approximate surface area is 199 Å². The van der Waals surface area contributed by atoms with Crippen LogP contribution in [0.15, 0.2) is 71.5 Å². The number of anilines is 1. The minimum Gasteiger partial charge on any atom is -0.436 e. The lowest BCUT2D eigenvalue weighted by Gasteiger charge is -2.07. The van der Waals surface area contributed by atoms with E-state index in [0.29, 0.717) is 27.5 Å². The zero-order valence-electron chi connectivity index (χ0n) is 18.4. The highest BCUT2D eigenvalue weighted by Crippen LogP contribution is 2.26. The van der Waals surface area contributed by atoms with Crippen LogP contribution in [0.4, 0.5) is 5.69 Å². The van der Waals surface area contributed by atoms with E-state index in [9.17, 15) is 9.59 Å². The molecule has 0 bridgehead atoms. The predicted octanol–water partition coefficient (Wildman–Crippen LogP) is 4.75. The van der Waals surface area contributed by atoms with Crippen LogP contribution in [0.25, 0.3) is 16.7 Å². The number of aryl methyl sites for hydroxylation is 2. The van der Waals surface area contributed by atoms with E-state index in [2.05, 4.69) is 15.4 Å². The number of benzene rings is 3. The largest absolute Gasteiger partial charge is 0.436 e. The van der Waals surface area contributed by atoms with Crippen LogP contribution in [0.5, 0.6) is 11.6 Å². The molecule has 0 aliphatic carbocycles. The third-order valence-electron chi connectivity index (χ3n) is 5.36. The topological polar surface area (TPSA) is 90.5 Å². The molecule has 0 saturated heterocycles. The van der Waals surface area contributed by atoms with Crippen molar-refractivity contribution in [3.63, 3.8) is 0 Å². The van der Waals surface area contributed by atoms with Gasteiger partial charge in [0.15, 0.2) is 0 Å². The fourth-order valence-electron chi connectivity index (χ4n) is 3.57. The summed E-state index contributed by atoms with van der Waals surface area (Å²) in [6.45, 7) is 3.57. The number of nitrogens with one attached hydrogen (secondary N) is 1. The number of hydrogen-bond donors (Lipinski definition) is 1. The molecule has 5 rings (SSSR count). The van der Waals surface area contributed by atoms with Gasteiger partial charge in [-0.1, -0.05) is 47.5 Å². The van der Waals surface area contributed by atoms with Gasteiger partial charge >= 0.3 is 5.69 Å². The summed E-state index contributed by atoms with van der Waals surface area (Å²) in [5.41, 5.74) is 3.40. The number of rotatable bonds is 5. The van der Waals surface area contributed by atoms with Crippen LogP contribution in [0.1, 0.15) is 11.1 Å². The molecule has 3 aromatic carbocycles. The zero-order chi connectivity index (χ0) is 23.8.